The van der Waals surface area contributed by atoms with Crippen LogP contribution in [-0.4, -0.2) is 35.6 Å². The predicted molar refractivity (Wildman–Crippen MR) is 73.6 cm³/mol. The number of benzene rings is 1. The lowest BCUT2D eigenvalue weighted by Crippen LogP contribution is -2.49. The second-order valence-electron chi connectivity index (χ2n) is 4.73. The van der Waals surface area contributed by atoms with Gasteiger partial charge < -0.3 is 5.11 Å². The highest BCUT2D eigenvalue weighted by molar-refractivity contribution is 5.88. The Morgan fingerprint density at radius 3 is 2.28 bits per heavy atom. The van der Waals surface area contributed by atoms with Crippen molar-refractivity contribution in [2.24, 2.45) is 0 Å². The third-order valence-electron chi connectivity index (χ3n) is 3.60. The normalized spacial score (nSPS) is 14.2. The summed E-state index contributed by atoms with van der Waals surface area (Å²) in [5.41, 5.74) is 0.835. The van der Waals surface area contributed by atoms with Crippen LogP contribution in [0.2, 0.25) is 0 Å². The van der Waals surface area contributed by atoms with Gasteiger partial charge in [0.25, 0.3) is 0 Å². The second kappa shape index (κ2) is 5.83. The number of carboxylic acid groups (broad SMARTS) is 1. The van der Waals surface area contributed by atoms with Crippen LogP contribution in [0.15, 0.2) is 42.5 Å². The van der Waals surface area contributed by atoms with Gasteiger partial charge in [-0.15, -0.1) is 0 Å². The highest BCUT2D eigenvalue weighted by Gasteiger charge is 2.37. The molecule has 0 saturated heterocycles. The second-order valence-corrected chi connectivity index (χ2v) is 4.73. The molecule has 1 aromatic carbocycles. The standard InChI is InChI=1S/C15H21NO2/c1-5-15(16(3)4,12(2)14(17)18)11-13-9-7-6-8-10-13/h6-10H,2,5,11H2,1,3-4H3,(H,17,18). The number of carbonyl (C=O) groups is 1. The van der Waals surface area contributed by atoms with Crippen LogP contribution in [0.25, 0.3) is 0 Å². The van der Waals surface area contributed by atoms with Crippen LogP contribution in [0.3, 0.4) is 0 Å². The van der Waals surface area contributed by atoms with E-state index < -0.39 is 11.5 Å². The maximum atomic E-state index is 11.3. The first kappa shape index (κ1) is 14.5. The molecule has 0 aromatic heterocycles. The molecule has 0 aliphatic rings. The summed E-state index contributed by atoms with van der Waals surface area (Å²) in [6, 6.07) is 9.93. The van der Waals surface area contributed by atoms with Crippen LogP contribution < -0.4 is 0 Å². The van der Waals surface area contributed by atoms with Gasteiger partial charge in [-0.3, -0.25) is 4.90 Å². The van der Waals surface area contributed by atoms with Crippen molar-refractivity contribution in [3.8, 4) is 0 Å². The fourth-order valence-electron chi connectivity index (χ4n) is 2.32. The smallest absolute Gasteiger partial charge is 0.332 e. The van der Waals surface area contributed by atoms with E-state index in [-0.39, 0.29) is 5.57 Å². The summed E-state index contributed by atoms with van der Waals surface area (Å²) in [7, 11) is 3.81. The summed E-state index contributed by atoms with van der Waals surface area (Å²) in [6.45, 7) is 5.77. The highest BCUT2D eigenvalue weighted by atomic mass is 16.4. The van der Waals surface area contributed by atoms with E-state index in [1.807, 2.05) is 56.3 Å². The zero-order valence-corrected chi connectivity index (χ0v) is 11.3. The first-order chi connectivity index (χ1) is 8.44. The molecule has 3 heteroatoms. The van der Waals surface area contributed by atoms with Gasteiger partial charge in [0, 0.05) is 0 Å². The zero-order valence-electron chi connectivity index (χ0n) is 11.3. The Hall–Kier alpha value is -1.61. The average Bonchev–Trinajstić information content (AvgIpc) is 2.36. The van der Waals surface area contributed by atoms with Gasteiger partial charge >= 0.3 is 5.97 Å². The summed E-state index contributed by atoms with van der Waals surface area (Å²) < 4.78 is 0. The fourth-order valence-corrected chi connectivity index (χ4v) is 2.32. The molecule has 0 aliphatic carbocycles. The van der Waals surface area contributed by atoms with Crippen LogP contribution >= 0.6 is 0 Å². The molecule has 1 N–H and O–H groups in total. The average molecular weight is 247 g/mol. The van der Waals surface area contributed by atoms with Crippen LogP contribution in [0.1, 0.15) is 18.9 Å². The molecular weight excluding hydrogens is 226 g/mol. The predicted octanol–water partition coefficient (Wildman–Crippen LogP) is 2.58. The molecule has 1 rings (SSSR count). The largest absolute Gasteiger partial charge is 0.478 e. The zero-order chi connectivity index (χ0) is 13.8. The maximum Gasteiger partial charge on any atom is 0.332 e. The summed E-state index contributed by atoms with van der Waals surface area (Å²) in [5, 5.41) is 9.25. The Morgan fingerprint density at radius 2 is 1.89 bits per heavy atom. The van der Waals surface area contributed by atoms with Crippen molar-refractivity contribution in [1.82, 2.24) is 4.90 Å². The van der Waals surface area contributed by atoms with E-state index in [0.29, 0.717) is 12.8 Å². The van der Waals surface area contributed by atoms with Crippen LogP contribution in [0.4, 0.5) is 0 Å². The Labute approximate surface area is 109 Å². The van der Waals surface area contributed by atoms with Crippen molar-refractivity contribution in [2.75, 3.05) is 14.1 Å². The third kappa shape index (κ3) is 2.79. The van der Waals surface area contributed by atoms with Crippen molar-refractivity contribution >= 4 is 5.97 Å². The van der Waals surface area contributed by atoms with Gasteiger partial charge in [-0.2, -0.15) is 0 Å². The number of rotatable bonds is 6. The minimum atomic E-state index is -0.929. The summed E-state index contributed by atoms with van der Waals surface area (Å²) in [6.07, 6.45) is 1.36. The van der Waals surface area contributed by atoms with Crippen LogP contribution in [-0.2, 0) is 11.2 Å². The number of carboxylic acids is 1. The van der Waals surface area contributed by atoms with Crippen LogP contribution in [0, 0.1) is 0 Å². The Balaban J connectivity index is 3.13. The van der Waals surface area contributed by atoms with E-state index >= 15 is 0 Å². The molecule has 1 aromatic rings. The summed E-state index contributed by atoms with van der Waals surface area (Å²) in [5.74, 6) is -0.929. The molecule has 1 unspecified atom stereocenters. The van der Waals surface area contributed by atoms with Crippen molar-refractivity contribution in [3.63, 3.8) is 0 Å². The molecule has 0 bridgehead atoms. The minimum Gasteiger partial charge on any atom is -0.478 e. The van der Waals surface area contributed by atoms with E-state index in [4.69, 9.17) is 0 Å². The summed E-state index contributed by atoms with van der Waals surface area (Å²) in [4.78, 5) is 13.2. The van der Waals surface area contributed by atoms with Crippen LogP contribution in [0.5, 0.6) is 0 Å². The van der Waals surface area contributed by atoms with Gasteiger partial charge in [-0.05, 0) is 32.5 Å². The first-order valence-corrected chi connectivity index (χ1v) is 6.08. The van der Waals surface area contributed by atoms with E-state index in [1.165, 1.54) is 0 Å². The number of likely N-dealkylation sites (N-methyl/N-ethyl adjacent to an activating group) is 1. The molecule has 1 atom stereocenters. The van der Waals surface area contributed by atoms with Gasteiger partial charge in [-0.25, -0.2) is 4.79 Å². The van der Waals surface area contributed by atoms with Gasteiger partial charge in [0.2, 0.25) is 0 Å². The number of hydrogen-bond acceptors (Lipinski definition) is 2. The maximum absolute atomic E-state index is 11.3. The molecule has 18 heavy (non-hydrogen) atoms. The molecule has 0 radical (unpaired) electrons. The molecule has 0 heterocycles. The molecule has 98 valence electrons. The number of nitrogens with zero attached hydrogens (tertiary/aromatic N) is 1. The topological polar surface area (TPSA) is 40.5 Å². The quantitative estimate of drug-likeness (QED) is 0.785. The van der Waals surface area contributed by atoms with E-state index in [0.717, 1.165) is 5.56 Å². The lowest BCUT2D eigenvalue weighted by atomic mass is 9.80. The molecular formula is C15H21NO2. The van der Waals surface area contributed by atoms with Gasteiger partial charge in [0.15, 0.2) is 0 Å². The first-order valence-electron chi connectivity index (χ1n) is 6.08. The molecule has 0 fully saturated rings. The minimum absolute atomic E-state index is 0.249. The Bertz CT molecular complexity index is 425. The number of aliphatic carboxylic acids is 1. The van der Waals surface area contributed by atoms with E-state index in [1.54, 1.807) is 0 Å². The molecule has 0 saturated carbocycles. The van der Waals surface area contributed by atoms with Crippen molar-refractivity contribution in [3.05, 3.63) is 48.0 Å². The van der Waals surface area contributed by atoms with E-state index in [9.17, 15) is 9.90 Å². The van der Waals surface area contributed by atoms with Crippen molar-refractivity contribution in [2.45, 2.75) is 25.3 Å². The summed E-state index contributed by atoms with van der Waals surface area (Å²) >= 11 is 0. The fraction of sp³-hybridized carbons (Fsp3) is 0.400. The van der Waals surface area contributed by atoms with Crippen molar-refractivity contribution < 1.29 is 9.90 Å². The SMILES string of the molecule is C=C(C(=O)O)C(CC)(Cc1ccccc1)N(C)C. The van der Waals surface area contributed by atoms with Gasteiger partial charge in [0.05, 0.1) is 11.1 Å². The van der Waals surface area contributed by atoms with Gasteiger partial charge in [-0.1, -0.05) is 43.8 Å². The monoisotopic (exact) mass is 247 g/mol. The molecule has 0 amide bonds. The number of hydrogen-bond donors (Lipinski definition) is 1. The Morgan fingerprint density at radius 1 is 1.33 bits per heavy atom. The lowest BCUT2D eigenvalue weighted by Gasteiger charge is -2.39. The van der Waals surface area contributed by atoms with E-state index in [2.05, 4.69) is 6.58 Å². The van der Waals surface area contributed by atoms with Gasteiger partial charge in [0.1, 0.15) is 0 Å². The molecule has 3 nitrogen and oxygen atoms in total. The lowest BCUT2D eigenvalue weighted by molar-refractivity contribution is -0.134. The molecule has 0 aliphatic heterocycles. The molecule has 0 spiro atoms. The van der Waals surface area contributed by atoms with Crippen molar-refractivity contribution in [1.29, 1.82) is 0 Å². The Kier molecular flexibility index (Phi) is 4.68. The highest BCUT2D eigenvalue weighted by Crippen LogP contribution is 2.30. The third-order valence-corrected chi connectivity index (χ3v) is 3.60.